The van der Waals surface area contributed by atoms with Gasteiger partial charge in [0, 0.05) is 5.39 Å². The van der Waals surface area contributed by atoms with E-state index in [1.165, 1.54) is 5.56 Å². The molecule has 2 aromatic rings. The summed E-state index contributed by atoms with van der Waals surface area (Å²) in [5.74, 6) is -1.41. The van der Waals surface area contributed by atoms with E-state index in [1.54, 1.807) is 6.92 Å². The second kappa shape index (κ2) is 4.17. The van der Waals surface area contributed by atoms with Crippen LogP contribution < -0.4 is 0 Å². The Morgan fingerprint density at radius 2 is 2.00 bits per heavy atom. The number of aryl methyl sites for hydroxylation is 2. The fourth-order valence-corrected chi connectivity index (χ4v) is 1.97. The minimum Gasteiger partial charge on any atom is -0.481 e. The average Bonchev–Trinajstić information content (AvgIpc) is 2.27. The molecule has 17 heavy (non-hydrogen) atoms. The molecule has 1 heterocycles. The third kappa shape index (κ3) is 2.13. The molecule has 1 unspecified atom stereocenters. The van der Waals surface area contributed by atoms with Crippen LogP contribution in [-0.2, 0) is 4.79 Å². The molecule has 1 N–H and O–H groups in total. The average molecular weight is 229 g/mol. The van der Waals surface area contributed by atoms with Gasteiger partial charge in [-0.05, 0) is 44.5 Å². The summed E-state index contributed by atoms with van der Waals surface area (Å²) in [7, 11) is 0. The van der Waals surface area contributed by atoms with Gasteiger partial charge in [-0.25, -0.2) is 0 Å². The number of benzene rings is 1. The lowest BCUT2D eigenvalue weighted by atomic mass is 10.0. The summed E-state index contributed by atoms with van der Waals surface area (Å²) in [5, 5.41) is 10.1. The first-order valence-electron chi connectivity index (χ1n) is 5.60. The van der Waals surface area contributed by atoms with E-state index in [4.69, 9.17) is 5.11 Å². The molecule has 0 amide bonds. The lowest BCUT2D eigenvalue weighted by Gasteiger charge is -2.11. The van der Waals surface area contributed by atoms with Crippen LogP contribution in [0.1, 0.15) is 29.7 Å². The van der Waals surface area contributed by atoms with E-state index in [0.717, 1.165) is 16.5 Å². The highest BCUT2D eigenvalue weighted by atomic mass is 16.4. The summed E-state index contributed by atoms with van der Waals surface area (Å²) in [5.41, 5.74) is 3.61. The zero-order valence-corrected chi connectivity index (χ0v) is 10.2. The van der Waals surface area contributed by atoms with Crippen LogP contribution in [0.25, 0.3) is 10.9 Å². The molecule has 3 nitrogen and oxygen atoms in total. The molecule has 0 radical (unpaired) electrons. The zero-order chi connectivity index (χ0) is 12.6. The minimum atomic E-state index is -0.841. The third-order valence-electron chi connectivity index (χ3n) is 2.98. The standard InChI is InChI=1S/C14H15NO2/c1-8-4-5-12-11(6-8)7-9(2)13(15-12)10(3)14(16)17/h4-7,10H,1-3H3,(H,16,17). The normalized spacial score (nSPS) is 12.6. The number of carbonyl (C=O) groups is 1. The Kier molecular flexibility index (Phi) is 2.84. The summed E-state index contributed by atoms with van der Waals surface area (Å²) in [6, 6.07) is 7.98. The Labute approximate surface area is 100 Å². The van der Waals surface area contributed by atoms with Crippen LogP contribution in [0, 0.1) is 13.8 Å². The van der Waals surface area contributed by atoms with E-state index in [2.05, 4.69) is 11.1 Å². The van der Waals surface area contributed by atoms with Crippen molar-refractivity contribution in [3.63, 3.8) is 0 Å². The molecule has 1 aromatic heterocycles. The number of hydrogen-bond acceptors (Lipinski definition) is 2. The molecule has 0 fully saturated rings. The van der Waals surface area contributed by atoms with Crippen LogP contribution >= 0.6 is 0 Å². The first-order valence-corrected chi connectivity index (χ1v) is 5.60. The van der Waals surface area contributed by atoms with Gasteiger partial charge in [-0.2, -0.15) is 0 Å². The summed E-state index contributed by atoms with van der Waals surface area (Å²) in [4.78, 5) is 15.5. The van der Waals surface area contributed by atoms with Crippen LogP contribution in [0.5, 0.6) is 0 Å². The third-order valence-corrected chi connectivity index (χ3v) is 2.98. The molecule has 0 aliphatic rings. The maximum atomic E-state index is 11.0. The van der Waals surface area contributed by atoms with Crippen molar-refractivity contribution < 1.29 is 9.90 Å². The second-order valence-corrected chi connectivity index (χ2v) is 4.45. The van der Waals surface area contributed by atoms with E-state index >= 15 is 0 Å². The molecular weight excluding hydrogens is 214 g/mol. The van der Waals surface area contributed by atoms with Gasteiger partial charge in [-0.15, -0.1) is 0 Å². The van der Waals surface area contributed by atoms with Crippen molar-refractivity contribution in [3.8, 4) is 0 Å². The van der Waals surface area contributed by atoms with Crippen molar-refractivity contribution in [1.29, 1.82) is 0 Å². The summed E-state index contributed by atoms with van der Waals surface area (Å²) >= 11 is 0. The number of hydrogen-bond donors (Lipinski definition) is 1. The van der Waals surface area contributed by atoms with Crippen molar-refractivity contribution in [2.75, 3.05) is 0 Å². The molecule has 88 valence electrons. The molecule has 0 aliphatic heterocycles. The van der Waals surface area contributed by atoms with Gasteiger partial charge < -0.3 is 5.11 Å². The molecule has 1 atom stereocenters. The van der Waals surface area contributed by atoms with E-state index in [0.29, 0.717) is 5.69 Å². The van der Waals surface area contributed by atoms with Gasteiger partial charge in [0.2, 0.25) is 0 Å². The number of carboxylic acids is 1. The first kappa shape index (κ1) is 11.6. The number of carboxylic acid groups (broad SMARTS) is 1. The summed E-state index contributed by atoms with van der Waals surface area (Å²) < 4.78 is 0. The van der Waals surface area contributed by atoms with Crippen molar-refractivity contribution >= 4 is 16.9 Å². The highest BCUT2D eigenvalue weighted by molar-refractivity contribution is 5.82. The van der Waals surface area contributed by atoms with Gasteiger partial charge in [-0.1, -0.05) is 11.6 Å². The SMILES string of the molecule is Cc1ccc2nc(C(C)C(=O)O)c(C)cc2c1. The van der Waals surface area contributed by atoms with E-state index in [-0.39, 0.29) is 0 Å². The molecule has 0 aliphatic carbocycles. The summed E-state index contributed by atoms with van der Waals surface area (Å²) in [6.45, 7) is 5.60. The lowest BCUT2D eigenvalue weighted by molar-refractivity contribution is -0.138. The maximum Gasteiger partial charge on any atom is 0.312 e. The van der Waals surface area contributed by atoms with Crippen LogP contribution in [0.2, 0.25) is 0 Å². The molecular formula is C14H15NO2. The fraction of sp³-hybridized carbons (Fsp3) is 0.286. The van der Waals surface area contributed by atoms with Crippen LogP contribution in [0.3, 0.4) is 0 Å². The van der Waals surface area contributed by atoms with Crippen LogP contribution in [0.4, 0.5) is 0 Å². The van der Waals surface area contributed by atoms with E-state index in [9.17, 15) is 4.79 Å². The van der Waals surface area contributed by atoms with Gasteiger partial charge in [0.1, 0.15) is 0 Å². The molecule has 0 spiro atoms. The Bertz CT molecular complexity index is 590. The predicted molar refractivity (Wildman–Crippen MR) is 67.3 cm³/mol. The van der Waals surface area contributed by atoms with Crippen molar-refractivity contribution in [1.82, 2.24) is 4.98 Å². The molecule has 2 rings (SSSR count). The number of nitrogens with zero attached hydrogens (tertiary/aromatic N) is 1. The smallest absolute Gasteiger partial charge is 0.312 e. The largest absolute Gasteiger partial charge is 0.481 e. The number of aromatic nitrogens is 1. The Morgan fingerprint density at radius 1 is 1.29 bits per heavy atom. The van der Waals surface area contributed by atoms with Crippen LogP contribution in [-0.4, -0.2) is 16.1 Å². The van der Waals surface area contributed by atoms with Gasteiger partial charge >= 0.3 is 5.97 Å². The number of pyridine rings is 1. The zero-order valence-electron chi connectivity index (χ0n) is 10.2. The topological polar surface area (TPSA) is 50.2 Å². The van der Waals surface area contributed by atoms with Gasteiger partial charge in [0.05, 0.1) is 17.1 Å². The number of aliphatic carboxylic acids is 1. The summed E-state index contributed by atoms with van der Waals surface area (Å²) in [6.07, 6.45) is 0. The maximum absolute atomic E-state index is 11.0. The molecule has 0 bridgehead atoms. The van der Waals surface area contributed by atoms with Crippen LogP contribution in [0.15, 0.2) is 24.3 Å². The Balaban J connectivity index is 2.63. The quantitative estimate of drug-likeness (QED) is 0.861. The monoisotopic (exact) mass is 229 g/mol. The van der Waals surface area contributed by atoms with Crippen molar-refractivity contribution in [2.45, 2.75) is 26.7 Å². The Hall–Kier alpha value is -1.90. The van der Waals surface area contributed by atoms with Crippen molar-refractivity contribution in [2.24, 2.45) is 0 Å². The van der Waals surface area contributed by atoms with E-state index in [1.807, 2.05) is 32.0 Å². The van der Waals surface area contributed by atoms with Crippen molar-refractivity contribution in [3.05, 3.63) is 41.1 Å². The lowest BCUT2D eigenvalue weighted by Crippen LogP contribution is -2.11. The molecule has 3 heteroatoms. The molecule has 0 saturated heterocycles. The van der Waals surface area contributed by atoms with Gasteiger partial charge in [0.15, 0.2) is 0 Å². The Morgan fingerprint density at radius 3 is 2.65 bits per heavy atom. The van der Waals surface area contributed by atoms with Gasteiger partial charge in [-0.3, -0.25) is 9.78 Å². The predicted octanol–water partition coefficient (Wildman–Crippen LogP) is 3.04. The number of rotatable bonds is 2. The highest BCUT2D eigenvalue weighted by Gasteiger charge is 2.18. The molecule has 1 aromatic carbocycles. The highest BCUT2D eigenvalue weighted by Crippen LogP contribution is 2.23. The minimum absolute atomic E-state index is 0.569. The number of fused-ring (bicyclic) bond motifs is 1. The fourth-order valence-electron chi connectivity index (χ4n) is 1.97. The van der Waals surface area contributed by atoms with Gasteiger partial charge in [0.25, 0.3) is 0 Å². The first-order chi connectivity index (χ1) is 7.99. The second-order valence-electron chi connectivity index (χ2n) is 4.45. The van der Waals surface area contributed by atoms with E-state index < -0.39 is 11.9 Å². The molecule has 0 saturated carbocycles.